The zero-order chi connectivity index (χ0) is 32.0. The molecule has 1 fully saturated rings. The number of aryl methyl sites for hydroxylation is 1. The largest absolute Gasteiger partial charge is 0.439 e. The van der Waals surface area contributed by atoms with Crippen LogP contribution in [0.3, 0.4) is 0 Å². The van der Waals surface area contributed by atoms with Crippen molar-refractivity contribution in [2.75, 3.05) is 17.4 Å². The number of alkyl halides is 6. The van der Waals surface area contributed by atoms with Crippen LogP contribution in [0, 0.1) is 5.82 Å². The second-order valence-corrected chi connectivity index (χ2v) is 12.1. The molecule has 2 heterocycles. The molecule has 0 bridgehead atoms. The lowest BCUT2D eigenvalue weighted by Gasteiger charge is -2.39. The number of fused-ring (bicyclic) bond motifs is 1. The average Bonchev–Trinajstić information content (AvgIpc) is 3.31. The number of hydrogen-bond acceptors (Lipinski definition) is 6. The normalized spacial score (nSPS) is 21.2. The zero-order valence-electron chi connectivity index (χ0n) is 22.4. The van der Waals surface area contributed by atoms with E-state index in [2.05, 4.69) is 10.6 Å². The Morgan fingerprint density at radius 2 is 1.74 bits per heavy atom. The molecule has 2 aromatic carbocycles. The van der Waals surface area contributed by atoms with Crippen LogP contribution in [0.1, 0.15) is 37.3 Å². The molecule has 4 rings (SSSR count). The number of hydrogen-bond donors (Lipinski definition) is 3. The molecule has 9 nitrogen and oxygen atoms in total. The summed E-state index contributed by atoms with van der Waals surface area (Å²) in [5, 5.41) is 14.9. The molecule has 3 N–H and O–H groups in total. The SMILES string of the molecule is CCC1(CNC(=O)C[C@@H]2CCc3cc(C(O)(C(F)(F)F)C(F)(F)F)ccc3N2S(=O)(=O)c2ccc(F)cc2)CNC(=O)O1. The van der Waals surface area contributed by atoms with Gasteiger partial charge in [-0.1, -0.05) is 19.1 Å². The van der Waals surface area contributed by atoms with Gasteiger partial charge in [-0.2, -0.15) is 26.3 Å². The van der Waals surface area contributed by atoms with Gasteiger partial charge in [0.25, 0.3) is 15.6 Å². The van der Waals surface area contributed by atoms with E-state index >= 15 is 0 Å². The van der Waals surface area contributed by atoms with Crippen LogP contribution in [0.5, 0.6) is 0 Å². The number of anilines is 1. The fourth-order valence-corrected chi connectivity index (χ4v) is 6.77. The highest BCUT2D eigenvalue weighted by Gasteiger charge is 2.71. The summed E-state index contributed by atoms with van der Waals surface area (Å²) in [5.74, 6) is -1.45. The van der Waals surface area contributed by atoms with E-state index in [1.807, 2.05) is 0 Å². The van der Waals surface area contributed by atoms with Crippen LogP contribution in [0.4, 0.5) is 41.2 Å². The summed E-state index contributed by atoms with van der Waals surface area (Å²) in [6.45, 7) is 1.70. The van der Waals surface area contributed by atoms with Crippen LogP contribution in [0.2, 0.25) is 0 Å². The molecule has 0 spiro atoms. The van der Waals surface area contributed by atoms with E-state index in [-0.39, 0.29) is 37.2 Å². The van der Waals surface area contributed by atoms with E-state index < -0.39 is 74.3 Å². The Balaban J connectivity index is 1.72. The van der Waals surface area contributed by atoms with Gasteiger partial charge in [-0.15, -0.1) is 0 Å². The minimum atomic E-state index is -6.16. The van der Waals surface area contributed by atoms with E-state index in [9.17, 15) is 53.8 Å². The van der Waals surface area contributed by atoms with E-state index in [1.165, 1.54) is 0 Å². The topological polar surface area (TPSA) is 125 Å². The Morgan fingerprint density at radius 3 is 2.28 bits per heavy atom. The number of carbonyl (C=O) groups is 2. The summed E-state index contributed by atoms with van der Waals surface area (Å²) in [7, 11) is -4.65. The van der Waals surface area contributed by atoms with Crippen molar-refractivity contribution in [1.29, 1.82) is 0 Å². The highest BCUT2D eigenvalue weighted by atomic mass is 32.2. The van der Waals surface area contributed by atoms with Gasteiger partial charge in [-0.25, -0.2) is 17.6 Å². The molecule has 2 atom stereocenters. The van der Waals surface area contributed by atoms with Crippen molar-refractivity contribution in [3.8, 4) is 0 Å². The lowest BCUT2D eigenvalue weighted by Crippen LogP contribution is -2.54. The summed E-state index contributed by atoms with van der Waals surface area (Å²) >= 11 is 0. The van der Waals surface area contributed by atoms with Crippen molar-refractivity contribution in [2.24, 2.45) is 0 Å². The first-order chi connectivity index (χ1) is 19.8. The first-order valence-corrected chi connectivity index (χ1v) is 14.3. The Hall–Kier alpha value is -3.60. The zero-order valence-corrected chi connectivity index (χ0v) is 23.2. The summed E-state index contributed by atoms with van der Waals surface area (Å²) in [6, 6.07) is 3.82. The molecule has 1 saturated heterocycles. The van der Waals surface area contributed by atoms with Gasteiger partial charge in [0, 0.05) is 12.0 Å². The van der Waals surface area contributed by atoms with Gasteiger partial charge in [0.1, 0.15) is 11.4 Å². The molecule has 17 heteroatoms. The van der Waals surface area contributed by atoms with Crippen LogP contribution in [0.25, 0.3) is 0 Å². The molecular weight excluding hydrogens is 615 g/mol. The third-order valence-corrected chi connectivity index (χ3v) is 9.42. The first-order valence-electron chi connectivity index (χ1n) is 12.9. The maximum absolute atomic E-state index is 13.8. The van der Waals surface area contributed by atoms with Crippen LogP contribution < -0.4 is 14.9 Å². The van der Waals surface area contributed by atoms with Crippen LogP contribution in [0.15, 0.2) is 47.4 Å². The highest BCUT2D eigenvalue weighted by Crippen LogP contribution is 2.51. The number of nitrogens with one attached hydrogen (secondary N) is 2. The minimum Gasteiger partial charge on any atom is -0.439 e. The molecule has 0 saturated carbocycles. The van der Waals surface area contributed by atoms with Crippen molar-refractivity contribution >= 4 is 27.7 Å². The molecule has 2 aliphatic rings. The molecule has 2 aromatic rings. The van der Waals surface area contributed by atoms with E-state index in [0.29, 0.717) is 28.9 Å². The van der Waals surface area contributed by atoms with E-state index in [0.717, 1.165) is 24.3 Å². The fraction of sp³-hybridized carbons (Fsp3) is 0.462. The molecular formula is C26H26F7N3O6S. The van der Waals surface area contributed by atoms with Crippen molar-refractivity contribution in [1.82, 2.24) is 10.6 Å². The summed E-state index contributed by atoms with van der Waals surface area (Å²) < 4.78 is 128. The molecule has 2 aliphatic heterocycles. The van der Waals surface area contributed by atoms with E-state index in [4.69, 9.17) is 4.74 Å². The summed E-state index contributed by atoms with van der Waals surface area (Å²) in [4.78, 5) is 24.0. The molecule has 0 aliphatic carbocycles. The number of amides is 2. The smallest absolute Gasteiger partial charge is 0.430 e. The van der Waals surface area contributed by atoms with Gasteiger partial charge in [-0.05, 0) is 55.2 Å². The van der Waals surface area contributed by atoms with Crippen LogP contribution in [-0.4, -0.2) is 62.6 Å². The quantitative estimate of drug-likeness (QED) is 0.374. The molecule has 1 unspecified atom stereocenters. The third-order valence-electron chi connectivity index (χ3n) is 7.54. The molecule has 0 radical (unpaired) electrons. The van der Waals surface area contributed by atoms with E-state index in [1.54, 1.807) is 6.92 Å². The second-order valence-electron chi connectivity index (χ2n) is 10.3. The van der Waals surface area contributed by atoms with Crippen molar-refractivity contribution in [3.05, 3.63) is 59.4 Å². The Kier molecular flexibility index (Phi) is 8.38. The monoisotopic (exact) mass is 641 g/mol. The predicted molar refractivity (Wildman–Crippen MR) is 136 cm³/mol. The average molecular weight is 642 g/mol. The lowest BCUT2D eigenvalue weighted by atomic mass is 9.87. The van der Waals surface area contributed by atoms with Crippen molar-refractivity contribution < 1.29 is 58.6 Å². The third kappa shape index (κ3) is 5.96. The second kappa shape index (κ2) is 11.2. The van der Waals surface area contributed by atoms with Gasteiger partial charge in [0.15, 0.2) is 0 Å². The number of rotatable bonds is 8. The number of carbonyl (C=O) groups excluding carboxylic acids is 2. The summed E-state index contributed by atoms with van der Waals surface area (Å²) in [6.07, 6.45) is -13.6. The number of sulfonamides is 1. The maximum atomic E-state index is 13.8. The van der Waals surface area contributed by atoms with Crippen molar-refractivity contribution in [2.45, 2.75) is 67.1 Å². The molecule has 43 heavy (non-hydrogen) atoms. The Morgan fingerprint density at radius 1 is 1.12 bits per heavy atom. The number of aliphatic hydroxyl groups is 1. The number of benzene rings is 2. The number of halogens is 7. The van der Waals surface area contributed by atoms with Crippen molar-refractivity contribution in [3.63, 3.8) is 0 Å². The molecule has 236 valence electrons. The fourth-order valence-electron chi connectivity index (χ4n) is 5.05. The Bertz CT molecular complexity index is 1480. The predicted octanol–water partition coefficient (Wildman–Crippen LogP) is 4.04. The van der Waals surface area contributed by atoms with Gasteiger partial charge in [-0.3, -0.25) is 9.10 Å². The van der Waals surface area contributed by atoms with Crippen LogP contribution >= 0.6 is 0 Å². The van der Waals surface area contributed by atoms with Gasteiger partial charge in [0.05, 0.1) is 29.7 Å². The lowest BCUT2D eigenvalue weighted by molar-refractivity contribution is -0.376. The highest BCUT2D eigenvalue weighted by molar-refractivity contribution is 7.92. The molecule has 2 amide bonds. The van der Waals surface area contributed by atoms with Gasteiger partial charge < -0.3 is 20.5 Å². The minimum absolute atomic E-state index is 0.106. The summed E-state index contributed by atoms with van der Waals surface area (Å²) in [5.41, 5.74) is -8.43. The maximum Gasteiger partial charge on any atom is 0.430 e. The number of ether oxygens (including phenoxy) is 1. The van der Waals surface area contributed by atoms with Gasteiger partial charge in [0.2, 0.25) is 5.91 Å². The number of cyclic esters (lactones) is 1. The molecule has 0 aromatic heterocycles. The standard InChI is InChI=1S/C26H26F7N3O6S/c1-2-23(14-35-22(38)42-23)13-34-21(37)12-18-7-3-15-11-16(24(39,25(28,29)30)26(31,32)33)4-10-20(15)36(18)43(40,41)19-8-5-17(27)6-9-19/h4-6,8-11,18,39H,2-3,7,12-14H2,1H3,(H,34,37)(H,35,38)/t18-,23?/m0/s1. The first kappa shape index (κ1) is 32.3. The number of alkyl carbamates (subject to hydrolysis) is 1. The Labute approximate surface area is 241 Å². The van der Waals surface area contributed by atoms with Gasteiger partial charge >= 0.3 is 18.4 Å². The van der Waals surface area contributed by atoms with Crippen LogP contribution in [-0.2, 0) is 31.6 Å². The number of nitrogens with zero attached hydrogens (tertiary/aromatic N) is 1.